The first-order chi connectivity index (χ1) is 29.0. The van der Waals surface area contributed by atoms with Crippen molar-refractivity contribution in [3.05, 3.63) is 24.3 Å². The molecule has 0 aromatic rings. The molecule has 0 rings (SSSR count). The van der Waals surface area contributed by atoms with Crippen LogP contribution in [0.2, 0.25) is 0 Å². The summed E-state index contributed by atoms with van der Waals surface area (Å²) in [5, 5.41) is 23.8. The highest BCUT2D eigenvalue weighted by atomic mass is 16.5. The van der Waals surface area contributed by atoms with Gasteiger partial charge >= 0.3 is 5.97 Å². The van der Waals surface area contributed by atoms with E-state index in [1.165, 1.54) is 167 Å². The molecule has 3 unspecified atom stereocenters. The van der Waals surface area contributed by atoms with Crippen LogP contribution in [0.4, 0.5) is 0 Å². The average Bonchev–Trinajstić information content (AvgIpc) is 3.23. The summed E-state index contributed by atoms with van der Waals surface area (Å²) >= 11 is 0. The number of unbranched alkanes of at least 4 members (excludes halogenated alkanes) is 32. The third kappa shape index (κ3) is 42.8. The van der Waals surface area contributed by atoms with Gasteiger partial charge in [-0.1, -0.05) is 238 Å². The van der Waals surface area contributed by atoms with E-state index in [2.05, 4.69) is 50.4 Å². The minimum absolute atomic E-state index is 0.0646. The average molecular weight is 832 g/mol. The quantitative estimate of drug-likeness (QED) is 0.0322. The van der Waals surface area contributed by atoms with Crippen molar-refractivity contribution in [3.8, 4) is 0 Å². The fraction of sp³-hybridized carbons (Fsp3) is 0.887. The van der Waals surface area contributed by atoms with E-state index in [0.29, 0.717) is 19.3 Å². The van der Waals surface area contributed by atoms with E-state index in [1.807, 2.05) is 0 Å². The van der Waals surface area contributed by atoms with Crippen LogP contribution in [0.3, 0.4) is 0 Å². The van der Waals surface area contributed by atoms with Crippen LogP contribution in [0.15, 0.2) is 24.3 Å². The van der Waals surface area contributed by atoms with E-state index in [4.69, 9.17) is 4.74 Å². The van der Waals surface area contributed by atoms with Gasteiger partial charge in [-0.2, -0.15) is 0 Å². The molecule has 0 fully saturated rings. The van der Waals surface area contributed by atoms with E-state index in [-0.39, 0.29) is 24.9 Å². The molecule has 6 nitrogen and oxygen atoms in total. The van der Waals surface area contributed by atoms with Crippen LogP contribution in [-0.4, -0.2) is 46.9 Å². The summed E-state index contributed by atoms with van der Waals surface area (Å²) in [4.78, 5) is 26.1. The highest BCUT2D eigenvalue weighted by Crippen LogP contribution is 2.18. The summed E-state index contributed by atoms with van der Waals surface area (Å²) in [6, 6.07) is -0.705. The molecule has 0 aliphatic carbocycles. The summed E-state index contributed by atoms with van der Waals surface area (Å²) in [7, 11) is 0. The molecular formula is C53H101NO5. The van der Waals surface area contributed by atoms with Crippen molar-refractivity contribution in [1.82, 2.24) is 5.32 Å². The SMILES string of the molecule is CCCCCCCCC/C=C/C=C/CCCCCC(CC(=O)NC(CO)C(O)CCCCCCCCCCCCCCCCC)OC(=O)CCCCCCCCCCC. The van der Waals surface area contributed by atoms with Crippen molar-refractivity contribution in [2.24, 2.45) is 0 Å². The Morgan fingerprint density at radius 3 is 1.27 bits per heavy atom. The zero-order chi connectivity index (χ0) is 43.1. The number of allylic oxidation sites excluding steroid dienone is 4. The Morgan fingerprint density at radius 1 is 0.492 bits per heavy atom. The second-order valence-corrected chi connectivity index (χ2v) is 18.0. The summed E-state index contributed by atoms with van der Waals surface area (Å²) in [6.45, 7) is 6.47. The molecule has 6 heteroatoms. The van der Waals surface area contributed by atoms with Gasteiger partial charge < -0.3 is 20.3 Å². The molecule has 0 aliphatic heterocycles. The Labute approximate surface area is 367 Å². The van der Waals surface area contributed by atoms with Gasteiger partial charge in [0.1, 0.15) is 6.10 Å². The Bertz CT molecular complexity index is 935. The lowest BCUT2D eigenvalue weighted by molar-refractivity contribution is -0.151. The van der Waals surface area contributed by atoms with E-state index >= 15 is 0 Å². The Hall–Kier alpha value is -1.66. The summed E-state index contributed by atoms with van der Waals surface area (Å²) in [5.74, 6) is -0.490. The van der Waals surface area contributed by atoms with E-state index in [0.717, 1.165) is 64.2 Å². The molecule has 0 spiro atoms. The van der Waals surface area contributed by atoms with Crippen molar-refractivity contribution in [3.63, 3.8) is 0 Å². The Kier molecular flexibility index (Phi) is 46.1. The van der Waals surface area contributed by atoms with Gasteiger partial charge in [-0.25, -0.2) is 0 Å². The highest BCUT2D eigenvalue weighted by molar-refractivity contribution is 5.77. The number of nitrogens with one attached hydrogen (secondary N) is 1. The second-order valence-electron chi connectivity index (χ2n) is 18.0. The zero-order valence-electron chi connectivity index (χ0n) is 39.7. The molecule has 0 aliphatic rings. The number of aliphatic hydroxyl groups excluding tert-OH is 2. The fourth-order valence-corrected chi connectivity index (χ4v) is 8.07. The van der Waals surface area contributed by atoms with Crippen LogP contribution in [0.1, 0.15) is 278 Å². The van der Waals surface area contributed by atoms with Crippen LogP contribution < -0.4 is 5.32 Å². The van der Waals surface area contributed by atoms with Gasteiger partial charge in [0, 0.05) is 6.42 Å². The van der Waals surface area contributed by atoms with Gasteiger partial charge in [-0.15, -0.1) is 0 Å². The first-order valence-electron chi connectivity index (χ1n) is 26.1. The second kappa shape index (κ2) is 47.4. The molecule has 3 N–H and O–H groups in total. The lowest BCUT2D eigenvalue weighted by atomic mass is 10.0. The number of aliphatic hydroxyl groups is 2. The van der Waals surface area contributed by atoms with Crippen LogP contribution in [0.5, 0.6) is 0 Å². The summed E-state index contributed by atoms with van der Waals surface area (Å²) in [6.07, 6.45) is 53.8. The molecule has 0 radical (unpaired) electrons. The van der Waals surface area contributed by atoms with Crippen molar-refractivity contribution < 1.29 is 24.5 Å². The third-order valence-electron chi connectivity index (χ3n) is 12.1. The van der Waals surface area contributed by atoms with E-state index in [1.54, 1.807) is 0 Å². The Morgan fingerprint density at radius 2 is 0.847 bits per heavy atom. The van der Waals surface area contributed by atoms with E-state index in [9.17, 15) is 19.8 Å². The van der Waals surface area contributed by atoms with Gasteiger partial charge in [0.15, 0.2) is 0 Å². The molecule has 0 saturated carbocycles. The molecule has 3 atom stereocenters. The smallest absolute Gasteiger partial charge is 0.306 e. The zero-order valence-corrected chi connectivity index (χ0v) is 39.7. The first-order valence-corrected chi connectivity index (χ1v) is 26.1. The highest BCUT2D eigenvalue weighted by Gasteiger charge is 2.24. The number of hydrogen-bond donors (Lipinski definition) is 3. The molecular weight excluding hydrogens is 731 g/mol. The largest absolute Gasteiger partial charge is 0.462 e. The lowest BCUT2D eigenvalue weighted by Gasteiger charge is -2.24. The predicted molar refractivity (Wildman–Crippen MR) is 255 cm³/mol. The van der Waals surface area contributed by atoms with Crippen LogP contribution in [0.25, 0.3) is 0 Å². The van der Waals surface area contributed by atoms with Crippen LogP contribution >= 0.6 is 0 Å². The number of rotatable bonds is 47. The van der Waals surface area contributed by atoms with Crippen molar-refractivity contribution in [2.75, 3.05) is 6.61 Å². The predicted octanol–water partition coefficient (Wildman–Crippen LogP) is 15.5. The number of carbonyl (C=O) groups excluding carboxylic acids is 2. The molecule has 348 valence electrons. The minimum Gasteiger partial charge on any atom is -0.462 e. The van der Waals surface area contributed by atoms with Gasteiger partial charge in [-0.3, -0.25) is 9.59 Å². The molecule has 0 bridgehead atoms. The van der Waals surface area contributed by atoms with Gasteiger partial charge in [0.2, 0.25) is 5.91 Å². The molecule has 0 aromatic carbocycles. The number of amides is 1. The number of carbonyl (C=O) groups is 2. The molecule has 1 amide bonds. The van der Waals surface area contributed by atoms with Crippen LogP contribution in [-0.2, 0) is 14.3 Å². The standard InChI is InChI=1S/C53H101NO5/c1-4-7-10-13-16-19-21-23-25-27-28-30-33-35-38-41-44-49(59-53(58)46-43-40-37-32-18-15-12-9-6-3)47-52(57)54-50(48-55)51(56)45-42-39-36-34-31-29-26-24-22-20-17-14-11-8-5-2/h25,27-28,30,49-51,55-56H,4-24,26,29,31-48H2,1-3H3,(H,54,57)/b27-25+,30-28+. The maximum Gasteiger partial charge on any atom is 0.306 e. The number of hydrogen-bond acceptors (Lipinski definition) is 5. The molecule has 0 saturated heterocycles. The number of esters is 1. The molecule has 0 heterocycles. The van der Waals surface area contributed by atoms with Crippen LogP contribution in [0, 0.1) is 0 Å². The monoisotopic (exact) mass is 832 g/mol. The summed E-state index contributed by atoms with van der Waals surface area (Å²) < 4.78 is 5.91. The topological polar surface area (TPSA) is 95.9 Å². The number of ether oxygens (including phenoxy) is 1. The minimum atomic E-state index is -0.790. The first kappa shape index (κ1) is 57.3. The normalized spacial score (nSPS) is 13.4. The van der Waals surface area contributed by atoms with Gasteiger partial charge in [0.25, 0.3) is 0 Å². The Balaban J connectivity index is 4.54. The van der Waals surface area contributed by atoms with Gasteiger partial charge in [-0.05, 0) is 51.4 Å². The van der Waals surface area contributed by atoms with E-state index < -0.39 is 18.2 Å². The molecule has 0 aromatic heterocycles. The lowest BCUT2D eigenvalue weighted by Crippen LogP contribution is -2.46. The maximum atomic E-state index is 13.2. The maximum absolute atomic E-state index is 13.2. The van der Waals surface area contributed by atoms with Crippen molar-refractivity contribution in [2.45, 2.75) is 296 Å². The summed E-state index contributed by atoms with van der Waals surface area (Å²) in [5.41, 5.74) is 0. The van der Waals surface area contributed by atoms with Crippen molar-refractivity contribution in [1.29, 1.82) is 0 Å². The molecule has 59 heavy (non-hydrogen) atoms. The third-order valence-corrected chi connectivity index (χ3v) is 12.1. The van der Waals surface area contributed by atoms with Crippen molar-refractivity contribution >= 4 is 11.9 Å². The fourth-order valence-electron chi connectivity index (χ4n) is 8.07. The van der Waals surface area contributed by atoms with Gasteiger partial charge in [0.05, 0.1) is 25.2 Å².